The van der Waals surface area contributed by atoms with Gasteiger partial charge in [-0.25, -0.2) is 9.97 Å². The lowest BCUT2D eigenvalue weighted by Gasteiger charge is -2.26. The van der Waals surface area contributed by atoms with Gasteiger partial charge in [-0.2, -0.15) is 0 Å². The third-order valence-corrected chi connectivity index (χ3v) is 6.85. The van der Waals surface area contributed by atoms with Gasteiger partial charge < -0.3 is 20.1 Å². The van der Waals surface area contributed by atoms with Crippen molar-refractivity contribution >= 4 is 45.6 Å². The Morgan fingerprint density at radius 1 is 1.18 bits per heavy atom. The normalized spacial score (nSPS) is 13.6. The smallest absolute Gasteiger partial charge is 0.247 e. The molecule has 206 valence electrons. The predicted molar refractivity (Wildman–Crippen MR) is 157 cm³/mol. The summed E-state index contributed by atoms with van der Waals surface area (Å²) in [5.41, 5.74) is 4.03. The molecule has 10 heteroatoms. The van der Waals surface area contributed by atoms with Crippen LogP contribution in [0.25, 0.3) is 10.9 Å². The molecule has 0 radical (unpaired) electrons. The van der Waals surface area contributed by atoms with Gasteiger partial charge in [0.2, 0.25) is 5.91 Å². The Bertz CT molecular complexity index is 1480. The average molecular weight is 559 g/mol. The maximum Gasteiger partial charge on any atom is 0.247 e. The topological polar surface area (TPSA) is 102 Å². The number of rotatable bonds is 11. The van der Waals surface area contributed by atoms with Crippen LogP contribution in [0.1, 0.15) is 24.1 Å². The number of halogens is 1. The Morgan fingerprint density at radius 2 is 2.10 bits per heavy atom. The minimum Gasteiger partial charge on any atom is -0.486 e. The van der Waals surface area contributed by atoms with Crippen LogP contribution in [0.3, 0.4) is 0 Å². The van der Waals surface area contributed by atoms with Gasteiger partial charge in [0.05, 0.1) is 23.0 Å². The third-order valence-electron chi connectivity index (χ3n) is 6.56. The molecule has 2 aromatic carbocycles. The molecule has 0 unspecified atom stereocenters. The first-order valence-electron chi connectivity index (χ1n) is 13.2. The molecule has 0 bridgehead atoms. The first kappa shape index (κ1) is 27.5. The lowest BCUT2D eigenvalue weighted by atomic mass is 10.0. The van der Waals surface area contributed by atoms with Crippen molar-refractivity contribution < 1.29 is 14.3 Å². The second kappa shape index (κ2) is 13.3. The van der Waals surface area contributed by atoms with Crippen molar-refractivity contribution in [2.45, 2.75) is 25.9 Å². The highest BCUT2D eigenvalue weighted by atomic mass is 35.5. The van der Waals surface area contributed by atoms with Crippen molar-refractivity contribution in [1.29, 1.82) is 0 Å². The van der Waals surface area contributed by atoms with Crippen LogP contribution in [0.2, 0.25) is 5.02 Å². The van der Waals surface area contributed by atoms with Crippen LogP contribution in [0.5, 0.6) is 5.75 Å². The Hall–Kier alpha value is -4.05. The van der Waals surface area contributed by atoms with E-state index >= 15 is 0 Å². The highest BCUT2D eigenvalue weighted by Gasteiger charge is 2.14. The summed E-state index contributed by atoms with van der Waals surface area (Å²) in [5.74, 6) is 0.874. The molecule has 2 aromatic heterocycles. The largest absolute Gasteiger partial charge is 0.486 e. The SMILES string of the molecule is C=CC(=O)Nc1cc2c(Nc3ccc(OCc4ccccn4)c(Cl)c3)ncnc2cc1CCCN1CCCOC1. The predicted octanol–water partition coefficient (Wildman–Crippen LogP) is 5.74. The molecule has 1 fully saturated rings. The van der Waals surface area contributed by atoms with Crippen LogP contribution in [0, 0.1) is 0 Å². The van der Waals surface area contributed by atoms with E-state index in [1.165, 1.54) is 12.4 Å². The van der Waals surface area contributed by atoms with Crippen LogP contribution >= 0.6 is 11.6 Å². The van der Waals surface area contributed by atoms with Gasteiger partial charge in [-0.05, 0) is 73.4 Å². The van der Waals surface area contributed by atoms with Gasteiger partial charge in [-0.1, -0.05) is 24.2 Å². The maximum absolute atomic E-state index is 12.2. The second-order valence-corrected chi connectivity index (χ2v) is 9.84. The number of hydrogen-bond acceptors (Lipinski definition) is 8. The summed E-state index contributed by atoms with van der Waals surface area (Å²) in [5, 5.41) is 7.51. The fraction of sp³-hybridized carbons (Fsp3) is 0.267. The summed E-state index contributed by atoms with van der Waals surface area (Å²) in [6.45, 7) is 7.37. The molecule has 0 saturated carbocycles. The monoisotopic (exact) mass is 558 g/mol. The van der Waals surface area contributed by atoms with Crippen LogP contribution < -0.4 is 15.4 Å². The van der Waals surface area contributed by atoms with E-state index in [4.69, 9.17) is 21.1 Å². The first-order valence-corrected chi connectivity index (χ1v) is 13.6. The summed E-state index contributed by atoms with van der Waals surface area (Å²) in [4.78, 5) is 27.8. The van der Waals surface area contributed by atoms with Crippen molar-refractivity contribution in [2.75, 3.05) is 37.1 Å². The van der Waals surface area contributed by atoms with E-state index < -0.39 is 0 Å². The minimum absolute atomic E-state index is 0.274. The lowest BCUT2D eigenvalue weighted by molar-refractivity contribution is -0.111. The molecule has 1 amide bonds. The molecule has 0 aliphatic carbocycles. The highest BCUT2D eigenvalue weighted by molar-refractivity contribution is 6.32. The fourth-order valence-electron chi connectivity index (χ4n) is 4.54. The Balaban J connectivity index is 1.34. The van der Waals surface area contributed by atoms with Gasteiger partial charge in [0, 0.05) is 42.7 Å². The van der Waals surface area contributed by atoms with E-state index in [2.05, 4.69) is 37.1 Å². The summed E-state index contributed by atoms with van der Waals surface area (Å²) >= 11 is 6.52. The van der Waals surface area contributed by atoms with Gasteiger partial charge in [0.1, 0.15) is 24.5 Å². The van der Waals surface area contributed by atoms with Crippen molar-refractivity contribution in [3.05, 3.63) is 90.0 Å². The molecule has 1 saturated heterocycles. The number of carbonyl (C=O) groups is 1. The Kier molecular flexibility index (Phi) is 9.18. The van der Waals surface area contributed by atoms with Crippen LogP contribution in [0.4, 0.5) is 17.2 Å². The van der Waals surface area contributed by atoms with Crippen molar-refractivity contribution in [1.82, 2.24) is 19.9 Å². The van der Waals surface area contributed by atoms with E-state index in [0.29, 0.717) is 35.6 Å². The minimum atomic E-state index is -0.274. The number of aryl methyl sites for hydroxylation is 1. The first-order chi connectivity index (χ1) is 19.6. The number of aromatic nitrogens is 3. The number of nitrogens with one attached hydrogen (secondary N) is 2. The lowest BCUT2D eigenvalue weighted by Crippen LogP contribution is -2.34. The molecule has 0 spiro atoms. The van der Waals surface area contributed by atoms with Gasteiger partial charge in [0.25, 0.3) is 0 Å². The highest BCUT2D eigenvalue weighted by Crippen LogP contribution is 2.33. The van der Waals surface area contributed by atoms with Gasteiger partial charge in [0.15, 0.2) is 0 Å². The summed E-state index contributed by atoms with van der Waals surface area (Å²) in [7, 11) is 0. The van der Waals surface area contributed by atoms with Crippen LogP contribution in [-0.2, 0) is 22.6 Å². The summed E-state index contributed by atoms with van der Waals surface area (Å²) in [6, 6.07) is 15.0. The van der Waals surface area contributed by atoms with E-state index in [-0.39, 0.29) is 5.91 Å². The molecule has 1 aliphatic heterocycles. The third kappa shape index (κ3) is 7.12. The fourth-order valence-corrected chi connectivity index (χ4v) is 4.77. The zero-order valence-corrected chi connectivity index (χ0v) is 22.9. The number of pyridine rings is 1. The van der Waals surface area contributed by atoms with E-state index in [9.17, 15) is 4.79 Å². The number of nitrogens with zero attached hydrogens (tertiary/aromatic N) is 4. The number of fused-ring (bicyclic) bond motifs is 1. The Labute approximate surface area is 238 Å². The van der Waals surface area contributed by atoms with E-state index in [0.717, 1.165) is 66.8 Å². The van der Waals surface area contributed by atoms with Crippen molar-refractivity contribution in [3.8, 4) is 5.75 Å². The number of amides is 1. The number of hydrogen-bond donors (Lipinski definition) is 2. The second-order valence-electron chi connectivity index (χ2n) is 9.43. The molecule has 2 N–H and O–H groups in total. The molecular formula is C30H31ClN6O3. The number of ether oxygens (including phenoxy) is 2. The standard InChI is InChI=1S/C30H31ClN6O3/c1-2-29(38)36-26-17-24-27(15-21(26)7-5-12-37-13-6-14-39-20-37)33-19-34-30(24)35-22-9-10-28(25(31)16-22)40-18-23-8-3-4-11-32-23/h2-4,8-11,15-17,19H,1,5-7,12-14,18,20H2,(H,36,38)(H,33,34,35). The van der Waals surface area contributed by atoms with Crippen LogP contribution in [0.15, 0.2) is 73.7 Å². The zero-order chi connectivity index (χ0) is 27.7. The summed E-state index contributed by atoms with van der Waals surface area (Å²) < 4.78 is 11.4. The summed E-state index contributed by atoms with van der Waals surface area (Å²) in [6.07, 6.45) is 7.26. The quantitative estimate of drug-likeness (QED) is 0.225. The molecular weight excluding hydrogens is 528 g/mol. The number of anilines is 3. The van der Waals surface area contributed by atoms with E-state index in [1.54, 1.807) is 18.3 Å². The molecule has 40 heavy (non-hydrogen) atoms. The molecule has 5 rings (SSSR count). The number of benzene rings is 2. The van der Waals surface area contributed by atoms with E-state index in [1.807, 2.05) is 36.4 Å². The molecule has 9 nitrogen and oxygen atoms in total. The molecule has 0 atom stereocenters. The van der Waals surface area contributed by atoms with Crippen LogP contribution in [-0.4, -0.2) is 52.2 Å². The number of carbonyl (C=O) groups excluding carboxylic acids is 1. The van der Waals surface area contributed by atoms with Gasteiger partial charge >= 0.3 is 0 Å². The van der Waals surface area contributed by atoms with Gasteiger partial charge in [-0.3, -0.25) is 14.7 Å². The van der Waals surface area contributed by atoms with Crippen molar-refractivity contribution in [2.24, 2.45) is 0 Å². The molecule has 1 aliphatic rings. The average Bonchev–Trinajstić information content (AvgIpc) is 2.98. The van der Waals surface area contributed by atoms with Gasteiger partial charge in [-0.15, -0.1) is 0 Å². The maximum atomic E-state index is 12.2. The molecule has 4 aromatic rings. The molecule has 3 heterocycles. The Morgan fingerprint density at radius 3 is 2.88 bits per heavy atom. The van der Waals surface area contributed by atoms with Crippen molar-refractivity contribution in [3.63, 3.8) is 0 Å². The zero-order valence-electron chi connectivity index (χ0n) is 22.1.